The van der Waals surface area contributed by atoms with Crippen LogP contribution in [0.1, 0.15) is 30.0 Å². The minimum Gasteiger partial charge on any atom is -0.459 e. The molecule has 1 amide bonds. The molecule has 1 aliphatic heterocycles. The van der Waals surface area contributed by atoms with E-state index in [-0.39, 0.29) is 36.4 Å². The van der Waals surface area contributed by atoms with Crippen LogP contribution in [0.25, 0.3) is 11.3 Å². The van der Waals surface area contributed by atoms with E-state index in [9.17, 15) is 19.3 Å². The Balaban J connectivity index is 1.40. The molecule has 0 spiro atoms. The van der Waals surface area contributed by atoms with Crippen molar-refractivity contribution in [1.29, 1.82) is 0 Å². The van der Waals surface area contributed by atoms with E-state index >= 15 is 0 Å². The Morgan fingerprint density at radius 3 is 2.68 bits per heavy atom. The standard InChI is InChI=1S/C27H22FN5O4S/c28-18-7-9-19(10-8-18)30-24(34)13-15-32-26(25(31-27(32)38)21-6-1-2-14-29-21)23-12-11-22(37-23)17-4-3-5-20(16-17)33(35)36/h1-12,14,16,25-26H,13,15H2,(H,30,34)(H,31,38)/t25-,26-/m1/s1. The third-order valence-electron chi connectivity index (χ3n) is 6.17. The number of hydrogen-bond donors (Lipinski definition) is 2. The zero-order chi connectivity index (χ0) is 26.6. The summed E-state index contributed by atoms with van der Waals surface area (Å²) in [4.78, 5) is 29.8. The van der Waals surface area contributed by atoms with Gasteiger partial charge in [-0.25, -0.2) is 4.39 Å². The Bertz CT molecular complexity index is 1480. The number of nitro benzene ring substituents is 1. The summed E-state index contributed by atoms with van der Waals surface area (Å²) >= 11 is 5.63. The fraction of sp³-hybridized carbons (Fsp3) is 0.148. The summed E-state index contributed by atoms with van der Waals surface area (Å²) in [6, 6.07) is 20.1. The number of pyridine rings is 1. The Hall–Kier alpha value is -4.64. The minimum atomic E-state index is -0.456. The molecule has 5 rings (SSSR count). The molecule has 0 aliphatic carbocycles. The highest BCUT2D eigenvalue weighted by molar-refractivity contribution is 7.80. The molecule has 0 radical (unpaired) electrons. The maximum Gasteiger partial charge on any atom is 0.270 e. The van der Waals surface area contributed by atoms with Crippen LogP contribution in [0.4, 0.5) is 15.8 Å². The number of non-ortho nitro benzene ring substituents is 1. The molecule has 192 valence electrons. The Kier molecular flexibility index (Phi) is 7.09. The van der Waals surface area contributed by atoms with Crippen LogP contribution >= 0.6 is 12.2 Å². The van der Waals surface area contributed by atoms with E-state index in [0.29, 0.717) is 27.9 Å². The summed E-state index contributed by atoms with van der Waals surface area (Å²) in [6.45, 7) is 0.277. The largest absolute Gasteiger partial charge is 0.459 e. The maximum atomic E-state index is 13.2. The predicted molar refractivity (Wildman–Crippen MR) is 143 cm³/mol. The highest BCUT2D eigenvalue weighted by Crippen LogP contribution is 2.40. The van der Waals surface area contributed by atoms with Gasteiger partial charge in [0.1, 0.15) is 23.4 Å². The van der Waals surface area contributed by atoms with E-state index in [1.54, 1.807) is 30.5 Å². The molecule has 11 heteroatoms. The molecule has 0 bridgehead atoms. The molecular weight excluding hydrogens is 509 g/mol. The second-order valence-electron chi connectivity index (χ2n) is 8.63. The maximum absolute atomic E-state index is 13.2. The normalized spacial score (nSPS) is 16.8. The van der Waals surface area contributed by atoms with Crippen LogP contribution in [0.3, 0.4) is 0 Å². The quantitative estimate of drug-likeness (QED) is 0.177. The van der Waals surface area contributed by atoms with Gasteiger partial charge in [0, 0.05) is 42.5 Å². The van der Waals surface area contributed by atoms with E-state index in [1.807, 2.05) is 23.1 Å². The van der Waals surface area contributed by atoms with Crippen molar-refractivity contribution in [3.8, 4) is 11.3 Å². The molecule has 2 aromatic carbocycles. The first-order chi connectivity index (χ1) is 18.4. The van der Waals surface area contributed by atoms with Gasteiger partial charge in [-0.2, -0.15) is 0 Å². The van der Waals surface area contributed by atoms with Crippen LogP contribution in [0, 0.1) is 15.9 Å². The number of carbonyl (C=O) groups excluding carboxylic acids is 1. The van der Waals surface area contributed by atoms with Crippen LogP contribution < -0.4 is 10.6 Å². The monoisotopic (exact) mass is 531 g/mol. The molecule has 1 fully saturated rings. The second kappa shape index (κ2) is 10.8. The van der Waals surface area contributed by atoms with Gasteiger partial charge < -0.3 is 20.0 Å². The predicted octanol–water partition coefficient (Wildman–Crippen LogP) is 5.39. The second-order valence-corrected chi connectivity index (χ2v) is 9.02. The van der Waals surface area contributed by atoms with Crippen LogP contribution in [-0.2, 0) is 4.79 Å². The van der Waals surface area contributed by atoms with E-state index in [4.69, 9.17) is 16.6 Å². The van der Waals surface area contributed by atoms with Gasteiger partial charge >= 0.3 is 0 Å². The fourth-order valence-electron chi connectivity index (χ4n) is 4.37. The van der Waals surface area contributed by atoms with Crippen molar-refractivity contribution in [1.82, 2.24) is 15.2 Å². The van der Waals surface area contributed by atoms with E-state index in [1.165, 1.54) is 36.4 Å². The molecule has 2 N–H and O–H groups in total. The lowest BCUT2D eigenvalue weighted by Crippen LogP contribution is -2.32. The smallest absolute Gasteiger partial charge is 0.270 e. The topological polar surface area (TPSA) is 114 Å². The first kappa shape index (κ1) is 25.0. The number of anilines is 1. The number of nitrogens with zero attached hydrogens (tertiary/aromatic N) is 3. The van der Waals surface area contributed by atoms with Gasteiger partial charge in [0.15, 0.2) is 5.11 Å². The molecule has 0 unspecified atom stereocenters. The van der Waals surface area contributed by atoms with Gasteiger partial charge in [0.05, 0.1) is 16.7 Å². The van der Waals surface area contributed by atoms with E-state index < -0.39 is 11.0 Å². The summed E-state index contributed by atoms with van der Waals surface area (Å²) in [5.41, 5.74) is 1.77. The highest BCUT2D eigenvalue weighted by Gasteiger charge is 2.41. The first-order valence-corrected chi connectivity index (χ1v) is 12.2. The minimum absolute atomic E-state index is 0.0377. The number of furan rings is 1. The van der Waals surface area contributed by atoms with Crippen LogP contribution in [0.5, 0.6) is 0 Å². The number of halogens is 1. The van der Waals surface area contributed by atoms with Gasteiger partial charge in [-0.05, 0) is 60.7 Å². The Morgan fingerprint density at radius 2 is 1.95 bits per heavy atom. The van der Waals surface area contributed by atoms with Crippen LogP contribution in [-0.4, -0.2) is 32.4 Å². The lowest BCUT2D eigenvalue weighted by molar-refractivity contribution is -0.384. The molecule has 0 saturated carbocycles. The van der Waals surface area contributed by atoms with Crippen molar-refractivity contribution in [3.63, 3.8) is 0 Å². The van der Waals surface area contributed by atoms with Crippen LogP contribution in [0.15, 0.2) is 89.5 Å². The van der Waals surface area contributed by atoms with E-state index in [0.717, 1.165) is 5.69 Å². The van der Waals surface area contributed by atoms with Crippen molar-refractivity contribution < 1.29 is 18.5 Å². The number of amides is 1. The molecule has 3 heterocycles. The molecule has 4 aromatic rings. The van der Waals surface area contributed by atoms with Crippen molar-refractivity contribution in [2.45, 2.75) is 18.5 Å². The third-order valence-corrected chi connectivity index (χ3v) is 6.52. The van der Waals surface area contributed by atoms with Crippen molar-refractivity contribution >= 4 is 34.6 Å². The Labute approximate surface area is 222 Å². The summed E-state index contributed by atoms with van der Waals surface area (Å²) < 4.78 is 19.4. The van der Waals surface area contributed by atoms with Gasteiger partial charge in [-0.15, -0.1) is 0 Å². The zero-order valence-corrected chi connectivity index (χ0v) is 20.7. The number of rotatable bonds is 8. The summed E-state index contributed by atoms with van der Waals surface area (Å²) in [5.74, 6) is 0.391. The lowest BCUT2D eigenvalue weighted by atomic mass is 10.0. The lowest BCUT2D eigenvalue weighted by Gasteiger charge is -2.25. The number of aromatic nitrogens is 1. The molecule has 9 nitrogen and oxygen atoms in total. The summed E-state index contributed by atoms with van der Waals surface area (Å²) in [6.07, 6.45) is 1.80. The van der Waals surface area contributed by atoms with Crippen molar-refractivity contribution in [2.24, 2.45) is 0 Å². The number of hydrogen-bond acceptors (Lipinski definition) is 6. The number of nitrogens with one attached hydrogen (secondary N) is 2. The number of thiocarbonyl (C=S) groups is 1. The molecule has 1 aliphatic rings. The third kappa shape index (κ3) is 5.37. The molecule has 1 saturated heterocycles. The molecule has 38 heavy (non-hydrogen) atoms. The molecular formula is C27H22FN5O4S. The fourth-order valence-corrected chi connectivity index (χ4v) is 4.71. The number of carbonyl (C=O) groups is 1. The summed E-state index contributed by atoms with van der Waals surface area (Å²) in [5, 5.41) is 17.7. The van der Waals surface area contributed by atoms with Crippen LogP contribution in [0.2, 0.25) is 0 Å². The van der Waals surface area contributed by atoms with Gasteiger partial charge in [0.2, 0.25) is 5.91 Å². The van der Waals surface area contributed by atoms with Crippen molar-refractivity contribution in [2.75, 3.05) is 11.9 Å². The average Bonchev–Trinajstić information content (AvgIpc) is 3.54. The number of benzene rings is 2. The van der Waals surface area contributed by atoms with Gasteiger partial charge in [0.25, 0.3) is 5.69 Å². The van der Waals surface area contributed by atoms with Gasteiger partial charge in [-0.1, -0.05) is 18.2 Å². The molecule has 2 atom stereocenters. The molecule has 2 aromatic heterocycles. The first-order valence-electron chi connectivity index (χ1n) is 11.8. The Morgan fingerprint density at radius 1 is 1.13 bits per heavy atom. The number of nitro groups is 1. The zero-order valence-electron chi connectivity index (χ0n) is 19.9. The average molecular weight is 532 g/mol. The summed E-state index contributed by atoms with van der Waals surface area (Å²) in [7, 11) is 0. The van der Waals surface area contributed by atoms with Gasteiger partial charge in [-0.3, -0.25) is 19.9 Å². The van der Waals surface area contributed by atoms with Crippen molar-refractivity contribution in [3.05, 3.63) is 112 Å². The highest BCUT2D eigenvalue weighted by atomic mass is 32.1. The van der Waals surface area contributed by atoms with E-state index in [2.05, 4.69) is 15.6 Å². The SMILES string of the molecule is O=C(CCN1C(=S)N[C@H](c2ccccn2)[C@H]1c1ccc(-c2cccc([N+](=O)[O-])c2)o1)Nc1ccc(F)cc1.